The lowest BCUT2D eigenvalue weighted by Gasteiger charge is -2.06. The number of nitrogens with zero attached hydrogens (tertiary/aromatic N) is 2. The number of phenols is 1. The fourth-order valence-corrected chi connectivity index (χ4v) is 1.73. The second-order valence-corrected chi connectivity index (χ2v) is 4.42. The standard InChI is InChI=1S/C15H13N3O4/c1-9(12-5-4-10(15(21)22)7-13(12)19)17-18-14(20)11-3-2-6-16-8-11/h2-8,19H,1H3,(H,18,20)(H,21,22)/b17-9+. The maximum atomic E-state index is 11.8. The molecule has 0 radical (unpaired) electrons. The highest BCUT2D eigenvalue weighted by atomic mass is 16.4. The Morgan fingerprint density at radius 3 is 2.59 bits per heavy atom. The number of pyridine rings is 1. The van der Waals surface area contributed by atoms with Gasteiger partial charge >= 0.3 is 5.97 Å². The highest BCUT2D eigenvalue weighted by Crippen LogP contribution is 2.19. The van der Waals surface area contributed by atoms with Crippen LogP contribution in [-0.2, 0) is 0 Å². The second-order valence-electron chi connectivity index (χ2n) is 4.42. The summed E-state index contributed by atoms with van der Waals surface area (Å²) >= 11 is 0. The van der Waals surface area contributed by atoms with Crippen LogP contribution in [0.5, 0.6) is 5.75 Å². The molecule has 1 aromatic carbocycles. The fraction of sp³-hybridized carbons (Fsp3) is 0.0667. The summed E-state index contributed by atoms with van der Waals surface area (Å²) in [5, 5.41) is 22.6. The molecule has 1 heterocycles. The Morgan fingerprint density at radius 2 is 2.00 bits per heavy atom. The van der Waals surface area contributed by atoms with E-state index < -0.39 is 11.9 Å². The maximum Gasteiger partial charge on any atom is 0.335 e. The van der Waals surface area contributed by atoms with Gasteiger partial charge in [-0.25, -0.2) is 10.2 Å². The number of benzene rings is 1. The van der Waals surface area contributed by atoms with Gasteiger partial charge < -0.3 is 10.2 Å². The smallest absolute Gasteiger partial charge is 0.335 e. The van der Waals surface area contributed by atoms with Gasteiger partial charge in [-0.1, -0.05) is 0 Å². The molecule has 0 aliphatic rings. The van der Waals surface area contributed by atoms with Gasteiger partial charge in [-0.3, -0.25) is 9.78 Å². The molecule has 3 N–H and O–H groups in total. The maximum absolute atomic E-state index is 11.8. The van der Waals surface area contributed by atoms with Crippen molar-refractivity contribution in [2.45, 2.75) is 6.92 Å². The zero-order chi connectivity index (χ0) is 16.1. The Bertz CT molecular complexity index is 742. The number of carboxylic acids is 1. The van der Waals surface area contributed by atoms with Crippen molar-refractivity contribution in [3.05, 3.63) is 59.4 Å². The van der Waals surface area contributed by atoms with Crippen LogP contribution in [0.15, 0.2) is 47.8 Å². The van der Waals surface area contributed by atoms with Crippen molar-refractivity contribution in [3.63, 3.8) is 0 Å². The fourth-order valence-electron chi connectivity index (χ4n) is 1.73. The van der Waals surface area contributed by atoms with E-state index in [9.17, 15) is 14.7 Å². The summed E-state index contributed by atoms with van der Waals surface area (Å²) < 4.78 is 0. The largest absolute Gasteiger partial charge is 0.507 e. The van der Waals surface area contributed by atoms with Gasteiger partial charge in [0, 0.05) is 18.0 Å². The van der Waals surface area contributed by atoms with Crippen LogP contribution in [0, 0.1) is 0 Å². The second kappa shape index (κ2) is 6.49. The summed E-state index contributed by atoms with van der Waals surface area (Å²) in [5.41, 5.74) is 3.33. The van der Waals surface area contributed by atoms with E-state index in [0.717, 1.165) is 6.07 Å². The zero-order valence-corrected chi connectivity index (χ0v) is 11.6. The van der Waals surface area contributed by atoms with E-state index in [-0.39, 0.29) is 11.3 Å². The first kappa shape index (κ1) is 15.2. The molecule has 0 saturated carbocycles. The molecule has 7 heteroatoms. The van der Waals surface area contributed by atoms with Crippen molar-refractivity contribution >= 4 is 17.6 Å². The minimum absolute atomic E-state index is 0.0338. The summed E-state index contributed by atoms with van der Waals surface area (Å²) in [6.07, 6.45) is 2.95. The van der Waals surface area contributed by atoms with E-state index in [1.807, 2.05) is 0 Å². The van der Waals surface area contributed by atoms with E-state index in [4.69, 9.17) is 5.11 Å². The van der Waals surface area contributed by atoms with Crippen LogP contribution in [0.25, 0.3) is 0 Å². The van der Waals surface area contributed by atoms with Crippen LogP contribution >= 0.6 is 0 Å². The molecule has 22 heavy (non-hydrogen) atoms. The number of carboxylic acid groups (broad SMARTS) is 1. The third-order valence-corrected chi connectivity index (χ3v) is 2.88. The number of carbonyl (C=O) groups excluding carboxylic acids is 1. The third kappa shape index (κ3) is 3.45. The summed E-state index contributed by atoms with van der Waals surface area (Å²) in [4.78, 5) is 26.4. The molecule has 0 aliphatic heterocycles. The minimum atomic E-state index is -1.14. The number of hydrogen-bond acceptors (Lipinski definition) is 5. The average Bonchev–Trinajstić information content (AvgIpc) is 2.52. The van der Waals surface area contributed by atoms with E-state index >= 15 is 0 Å². The van der Waals surface area contributed by atoms with Crippen molar-refractivity contribution in [1.29, 1.82) is 0 Å². The van der Waals surface area contributed by atoms with Gasteiger partial charge in [0.2, 0.25) is 0 Å². The van der Waals surface area contributed by atoms with Gasteiger partial charge in [-0.05, 0) is 37.3 Å². The van der Waals surface area contributed by atoms with Crippen molar-refractivity contribution < 1.29 is 19.8 Å². The summed E-state index contributed by atoms with van der Waals surface area (Å²) in [6.45, 7) is 1.58. The van der Waals surface area contributed by atoms with Crippen LogP contribution in [0.4, 0.5) is 0 Å². The first-order chi connectivity index (χ1) is 10.5. The summed E-state index contributed by atoms with van der Waals surface area (Å²) in [6, 6.07) is 7.11. The SMILES string of the molecule is C/C(=N\NC(=O)c1cccnc1)c1ccc(C(=O)O)cc1O. The Kier molecular flexibility index (Phi) is 4.47. The van der Waals surface area contributed by atoms with Crippen LogP contribution in [-0.4, -0.2) is 32.8 Å². The molecule has 7 nitrogen and oxygen atoms in total. The number of hydrazone groups is 1. The number of phenolic OH excluding ortho intramolecular Hbond substituents is 1. The summed E-state index contributed by atoms with van der Waals surface area (Å²) in [5.74, 6) is -1.80. The van der Waals surface area contributed by atoms with Gasteiger partial charge in [0.1, 0.15) is 5.75 Å². The predicted molar refractivity (Wildman–Crippen MR) is 79.0 cm³/mol. The van der Waals surface area contributed by atoms with E-state index in [0.29, 0.717) is 16.8 Å². The molecule has 1 aromatic heterocycles. The topological polar surface area (TPSA) is 112 Å². The van der Waals surface area contributed by atoms with Crippen LogP contribution < -0.4 is 5.43 Å². The number of carbonyl (C=O) groups is 2. The Hall–Kier alpha value is -3.22. The minimum Gasteiger partial charge on any atom is -0.507 e. The monoisotopic (exact) mass is 299 g/mol. The van der Waals surface area contributed by atoms with Crippen molar-refractivity contribution in [2.24, 2.45) is 5.10 Å². The lowest BCUT2D eigenvalue weighted by atomic mass is 10.1. The van der Waals surface area contributed by atoms with Crippen molar-refractivity contribution in [2.75, 3.05) is 0 Å². The van der Waals surface area contributed by atoms with Crippen molar-refractivity contribution in [1.82, 2.24) is 10.4 Å². The molecule has 0 bridgehead atoms. The number of aromatic hydroxyl groups is 1. The molecule has 0 unspecified atom stereocenters. The summed E-state index contributed by atoms with van der Waals surface area (Å²) in [7, 11) is 0. The van der Waals surface area contributed by atoms with Gasteiger partial charge in [0.25, 0.3) is 5.91 Å². The lowest BCUT2D eigenvalue weighted by molar-refractivity contribution is 0.0696. The van der Waals surface area contributed by atoms with Crippen LogP contribution in [0.2, 0.25) is 0 Å². The molecule has 0 fully saturated rings. The van der Waals surface area contributed by atoms with E-state index in [1.54, 1.807) is 25.3 Å². The van der Waals surface area contributed by atoms with Crippen LogP contribution in [0.3, 0.4) is 0 Å². The lowest BCUT2D eigenvalue weighted by Crippen LogP contribution is -2.19. The molecule has 1 amide bonds. The number of nitrogens with one attached hydrogen (secondary N) is 1. The Balaban J connectivity index is 2.16. The van der Waals surface area contributed by atoms with E-state index in [2.05, 4.69) is 15.5 Å². The highest BCUT2D eigenvalue weighted by molar-refractivity contribution is 6.03. The normalized spacial score (nSPS) is 11.0. The van der Waals surface area contributed by atoms with Gasteiger partial charge in [-0.15, -0.1) is 0 Å². The number of aromatic carboxylic acids is 1. The number of aromatic nitrogens is 1. The molecular formula is C15H13N3O4. The molecule has 2 aromatic rings. The molecule has 2 rings (SSSR count). The van der Waals surface area contributed by atoms with Gasteiger partial charge in [0.05, 0.1) is 16.8 Å². The van der Waals surface area contributed by atoms with E-state index in [1.165, 1.54) is 18.3 Å². The molecular weight excluding hydrogens is 286 g/mol. The number of amides is 1. The quantitative estimate of drug-likeness (QED) is 0.587. The van der Waals surface area contributed by atoms with Crippen molar-refractivity contribution in [3.8, 4) is 5.75 Å². The van der Waals surface area contributed by atoms with Gasteiger partial charge in [0.15, 0.2) is 0 Å². The number of hydrogen-bond donors (Lipinski definition) is 3. The Labute approximate surface area is 125 Å². The molecule has 0 aliphatic carbocycles. The molecule has 0 spiro atoms. The molecule has 0 saturated heterocycles. The third-order valence-electron chi connectivity index (χ3n) is 2.88. The number of rotatable bonds is 4. The average molecular weight is 299 g/mol. The first-order valence-electron chi connectivity index (χ1n) is 6.30. The Morgan fingerprint density at radius 1 is 1.23 bits per heavy atom. The van der Waals surface area contributed by atoms with Crippen LogP contribution in [0.1, 0.15) is 33.2 Å². The predicted octanol–water partition coefficient (Wildman–Crippen LogP) is 1.64. The highest BCUT2D eigenvalue weighted by Gasteiger charge is 2.10. The van der Waals surface area contributed by atoms with Gasteiger partial charge in [-0.2, -0.15) is 5.10 Å². The first-order valence-corrected chi connectivity index (χ1v) is 6.30. The zero-order valence-electron chi connectivity index (χ0n) is 11.6. The molecule has 112 valence electrons. The molecule has 0 atom stereocenters.